The number of imidazole rings is 1. The van der Waals surface area contributed by atoms with Crippen molar-refractivity contribution in [3.05, 3.63) is 77.8 Å². The molecule has 11 heteroatoms. The van der Waals surface area contributed by atoms with Crippen molar-refractivity contribution in [1.82, 2.24) is 14.5 Å². The molecule has 0 atom stereocenters. The largest absolute Gasteiger partial charge is 0.416 e. The van der Waals surface area contributed by atoms with E-state index in [0.717, 1.165) is 11.1 Å². The molecule has 35 heavy (non-hydrogen) atoms. The predicted molar refractivity (Wildman–Crippen MR) is 118 cm³/mol. The Balaban J connectivity index is 1.83. The summed E-state index contributed by atoms with van der Waals surface area (Å²) in [5.74, 6) is -0.235. The second-order valence-corrected chi connectivity index (χ2v) is 8.18. The molecule has 5 nitrogen and oxygen atoms in total. The number of rotatable bonds is 4. The molecule has 1 aliphatic heterocycles. The first-order valence-electron chi connectivity index (χ1n) is 10.5. The smallest absolute Gasteiger partial charge is 0.355 e. The Morgan fingerprint density at radius 2 is 1.74 bits per heavy atom. The van der Waals surface area contributed by atoms with E-state index in [-0.39, 0.29) is 17.7 Å². The minimum Gasteiger partial charge on any atom is -0.355 e. The van der Waals surface area contributed by atoms with Gasteiger partial charge in [0.15, 0.2) is 0 Å². The van der Waals surface area contributed by atoms with Crippen LogP contribution in [0.5, 0.6) is 0 Å². The zero-order valence-electron chi connectivity index (χ0n) is 18.5. The summed E-state index contributed by atoms with van der Waals surface area (Å²) in [6.07, 6.45) is -5.04. The van der Waals surface area contributed by atoms with Crippen LogP contribution in [0.2, 0.25) is 0 Å². The van der Waals surface area contributed by atoms with Gasteiger partial charge in [0.25, 0.3) is 0 Å². The minimum atomic E-state index is -4.96. The van der Waals surface area contributed by atoms with Gasteiger partial charge >= 0.3 is 12.4 Å². The van der Waals surface area contributed by atoms with Crippen LogP contribution in [-0.4, -0.2) is 26.9 Å². The SMILES string of the molecule is C=CC(=O)N1CCc2c(ccc(Nc3cc(C(F)(F)F)cc(C(F)(F)F)c3)c2-c2cn(C)cn2)C1. The number of halogens is 6. The molecule has 0 fully saturated rings. The van der Waals surface area contributed by atoms with E-state index in [0.29, 0.717) is 48.6 Å². The van der Waals surface area contributed by atoms with Crippen molar-refractivity contribution in [2.24, 2.45) is 7.05 Å². The number of aromatic nitrogens is 2. The summed E-state index contributed by atoms with van der Waals surface area (Å²) in [6, 6.07) is 4.63. The Kier molecular flexibility index (Phi) is 6.12. The summed E-state index contributed by atoms with van der Waals surface area (Å²) < 4.78 is 81.7. The highest BCUT2D eigenvalue weighted by Gasteiger charge is 2.37. The Bertz CT molecular complexity index is 1260. The molecule has 0 radical (unpaired) electrons. The van der Waals surface area contributed by atoms with Crippen molar-refractivity contribution < 1.29 is 31.1 Å². The van der Waals surface area contributed by atoms with Gasteiger partial charge in [0.05, 0.1) is 23.1 Å². The lowest BCUT2D eigenvalue weighted by atomic mass is 9.91. The molecule has 0 saturated heterocycles. The molecule has 0 spiro atoms. The molecule has 0 aliphatic carbocycles. The highest BCUT2D eigenvalue weighted by Crippen LogP contribution is 2.41. The third-order valence-electron chi connectivity index (χ3n) is 5.72. The molecule has 0 unspecified atom stereocenters. The number of alkyl halides is 6. The average molecular weight is 494 g/mol. The Morgan fingerprint density at radius 3 is 2.29 bits per heavy atom. The molecule has 0 saturated carbocycles. The number of aryl methyl sites for hydroxylation is 1. The number of hydrogen-bond acceptors (Lipinski definition) is 3. The first kappa shape index (κ1) is 24.4. The van der Waals surface area contributed by atoms with Gasteiger partial charge in [-0.3, -0.25) is 4.79 Å². The van der Waals surface area contributed by atoms with Crippen LogP contribution in [0, 0.1) is 0 Å². The van der Waals surface area contributed by atoms with E-state index in [4.69, 9.17) is 0 Å². The van der Waals surface area contributed by atoms with Crippen LogP contribution >= 0.6 is 0 Å². The lowest BCUT2D eigenvalue weighted by molar-refractivity contribution is -0.143. The number of carbonyl (C=O) groups is 1. The van der Waals surface area contributed by atoms with Crippen molar-refractivity contribution >= 4 is 17.3 Å². The van der Waals surface area contributed by atoms with Crippen molar-refractivity contribution in [2.45, 2.75) is 25.3 Å². The van der Waals surface area contributed by atoms with Gasteiger partial charge in [0.1, 0.15) is 0 Å². The van der Waals surface area contributed by atoms with Gasteiger partial charge in [0, 0.05) is 43.3 Å². The van der Waals surface area contributed by atoms with E-state index < -0.39 is 23.5 Å². The van der Waals surface area contributed by atoms with Crippen LogP contribution in [0.1, 0.15) is 22.3 Å². The van der Waals surface area contributed by atoms with Gasteiger partial charge < -0.3 is 14.8 Å². The Labute approximate surface area is 196 Å². The second-order valence-electron chi connectivity index (χ2n) is 8.18. The zero-order valence-corrected chi connectivity index (χ0v) is 18.5. The van der Waals surface area contributed by atoms with Gasteiger partial charge in [-0.25, -0.2) is 4.98 Å². The maximum Gasteiger partial charge on any atom is 0.416 e. The molecule has 3 aromatic rings. The molecule has 0 bridgehead atoms. The molecule has 1 aromatic heterocycles. The quantitative estimate of drug-likeness (QED) is 0.361. The van der Waals surface area contributed by atoms with E-state index in [1.165, 1.54) is 6.08 Å². The normalized spacial score (nSPS) is 14.0. The standard InChI is InChI=1S/C24H20F6N4O/c1-3-21(35)34-7-6-18-14(11-34)4-5-19(22(18)20-12-33(2)13-31-20)32-17-9-15(23(25,26)27)8-16(10-17)24(28,29)30/h3-5,8-10,12-13,32H,1,6-7,11H2,2H3. The summed E-state index contributed by atoms with van der Waals surface area (Å²) in [4.78, 5) is 18.0. The van der Waals surface area contributed by atoms with Crippen LogP contribution in [0.15, 0.2) is 55.5 Å². The number of benzene rings is 2. The third-order valence-corrected chi connectivity index (χ3v) is 5.72. The first-order valence-corrected chi connectivity index (χ1v) is 10.5. The first-order chi connectivity index (χ1) is 16.4. The topological polar surface area (TPSA) is 50.2 Å². The fourth-order valence-electron chi connectivity index (χ4n) is 4.09. The van der Waals surface area contributed by atoms with Gasteiger partial charge in [-0.2, -0.15) is 26.3 Å². The maximum absolute atomic E-state index is 13.3. The molecule has 1 aliphatic rings. The summed E-state index contributed by atoms with van der Waals surface area (Å²) >= 11 is 0. The van der Waals surface area contributed by atoms with E-state index >= 15 is 0 Å². The fourth-order valence-corrected chi connectivity index (χ4v) is 4.09. The van der Waals surface area contributed by atoms with Crippen molar-refractivity contribution in [3.8, 4) is 11.3 Å². The number of hydrogen-bond donors (Lipinski definition) is 1. The lowest BCUT2D eigenvalue weighted by Gasteiger charge is -2.30. The van der Waals surface area contributed by atoms with Gasteiger partial charge in [-0.15, -0.1) is 0 Å². The number of amides is 1. The zero-order chi connectivity index (χ0) is 25.5. The Morgan fingerprint density at radius 1 is 1.09 bits per heavy atom. The Hall–Kier alpha value is -3.76. The summed E-state index contributed by atoms with van der Waals surface area (Å²) in [5, 5.41) is 2.75. The highest BCUT2D eigenvalue weighted by atomic mass is 19.4. The van der Waals surface area contributed by atoms with E-state index in [1.807, 2.05) is 0 Å². The molecular formula is C24H20F6N4O. The van der Waals surface area contributed by atoms with E-state index in [1.54, 1.807) is 41.2 Å². The number of anilines is 2. The molecule has 4 rings (SSSR count). The highest BCUT2D eigenvalue weighted by molar-refractivity contribution is 5.88. The molecule has 184 valence electrons. The van der Waals surface area contributed by atoms with Crippen molar-refractivity contribution in [3.63, 3.8) is 0 Å². The number of nitrogens with zero attached hydrogens (tertiary/aromatic N) is 3. The fraction of sp³-hybridized carbons (Fsp3) is 0.250. The summed E-state index contributed by atoms with van der Waals surface area (Å²) in [5.41, 5.74) is -0.209. The third kappa shape index (κ3) is 5.03. The van der Waals surface area contributed by atoms with Crippen LogP contribution < -0.4 is 5.32 Å². The predicted octanol–water partition coefficient (Wildman–Crippen LogP) is 5.94. The molecule has 2 aromatic carbocycles. The second kappa shape index (κ2) is 8.79. The van der Waals surface area contributed by atoms with Gasteiger partial charge in [-0.05, 0) is 47.9 Å². The number of fused-ring (bicyclic) bond motifs is 1. The molecule has 1 amide bonds. The lowest BCUT2D eigenvalue weighted by Crippen LogP contribution is -2.35. The summed E-state index contributed by atoms with van der Waals surface area (Å²) in [7, 11) is 1.74. The van der Waals surface area contributed by atoms with Crippen molar-refractivity contribution in [1.29, 1.82) is 0 Å². The summed E-state index contributed by atoms with van der Waals surface area (Å²) in [6.45, 7) is 4.17. The maximum atomic E-state index is 13.3. The van der Waals surface area contributed by atoms with Crippen LogP contribution in [0.4, 0.5) is 37.7 Å². The van der Waals surface area contributed by atoms with E-state index in [2.05, 4.69) is 16.9 Å². The number of carbonyl (C=O) groups excluding carboxylic acids is 1. The average Bonchev–Trinajstić information content (AvgIpc) is 3.22. The van der Waals surface area contributed by atoms with Gasteiger partial charge in [-0.1, -0.05) is 12.6 Å². The monoisotopic (exact) mass is 494 g/mol. The van der Waals surface area contributed by atoms with Crippen LogP contribution in [-0.2, 0) is 37.2 Å². The van der Waals surface area contributed by atoms with Gasteiger partial charge in [0.2, 0.25) is 5.91 Å². The van der Waals surface area contributed by atoms with E-state index in [9.17, 15) is 31.1 Å². The minimum absolute atomic E-state index is 0.0862. The number of nitrogens with one attached hydrogen (secondary N) is 1. The van der Waals surface area contributed by atoms with Crippen molar-refractivity contribution in [2.75, 3.05) is 11.9 Å². The molecule has 2 heterocycles. The van der Waals surface area contributed by atoms with Crippen LogP contribution in [0.3, 0.4) is 0 Å². The molecule has 1 N–H and O–H groups in total. The molecular weight excluding hydrogens is 474 g/mol. The van der Waals surface area contributed by atoms with Crippen LogP contribution in [0.25, 0.3) is 11.3 Å².